The number of amides is 1. The first-order valence-electron chi connectivity index (χ1n) is 6.34. The van der Waals surface area contributed by atoms with Gasteiger partial charge in [0.25, 0.3) is 5.91 Å². The number of aromatic nitrogens is 1. The summed E-state index contributed by atoms with van der Waals surface area (Å²) < 4.78 is 5.46. The summed E-state index contributed by atoms with van der Waals surface area (Å²) in [5.41, 5.74) is 2.71. The van der Waals surface area contributed by atoms with Crippen LogP contribution in [0.1, 0.15) is 33.3 Å². The van der Waals surface area contributed by atoms with E-state index < -0.39 is 0 Å². The highest BCUT2D eigenvalue weighted by Gasteiger charge is 2.08. The molecule has 2 rings (SSSR count). The van der Waals surface area contributed by atoms with Gasteiger partial charge in [-0.2, -0.15) is 0 Å². The average molecular weight is 258 g/mol. The van der Waals surface area contributed by atoms with Crippen LogP contribution in [0.15, 0.2) is 28.7 Å². The minimum absolute atomic E-state index is 0.0612. The molecule has 0 aliphatic rings. The van der Waals surface area contributed by atoms with Crippen LogP contribution in [0, 0.1) is 20.8 Å². The van der Waals surface area contributed by atoms with E-state index in [0.29, 0.717) is 24.4 Å². The minimum Gasteiger partial charge on any atom is -0.446 e. The second kappa shape index (κ2) is 5.69. The van der Waals surface area contributed by atoms with Crippen LogP contribution in [0.3, 0.4) is 0 Å². The van der Waals surface area contributed by atoms with Crippen molar-refractivity contribution in [3.63, 3.8) is 0 Å². The molecule has 19 heavy (non-hydrogen) atoms. The predicted molar refractivity (Wildman–Crippen MR) is 73.2 cm³/mol. The Hall–Kier alpha value is -2.10. The van der Waals surface area contributed by atoms with Gasteiger partial charge in [-0.05, 0) is 26.0 Å². The average Bonchev–Trinajstić information content (AvgIpc) is 2.68. The number of carbonyl (C=O) groups is 1. The van der Waals surface area contributed by atoms with Crippen LogP contribution in [-0.2, 0) is 6.42 Å². The first-order valence-corrected chi connectivity index (χ1v) is 6.34. The number of hydrogen-bond acceptors (Lipinski definition) is 3. The zero-order valence-corrected chi connectivity index (χ0v) is 11.5. The van der Waals surface area contributed by atoms with Gasteiger partial charge in [0.15, 0.2) is 5.89 Å². The molecule has 0 bridgehead atoms. The largest absolute Gasteiger partial charge is 0.446 e. The van der Waals surface area contributed by atoms with Crippen molar-refractivity contribution in [1.82, 2.24) is 10.3 Å². The number of hydrogen-bond donors (Lipinski definition) is 1. The van der Waals surface area contributed by atoms with Gasteiger partial charge in [-0.3, -0.25) is 4.79 Å². The van der Waals surface area contributed by atoms with Crippen molar-refractivity contribution in [3.05, 3.63) is 52.7 Å². The van der Waals surface area contributed by atoms with E-state index in [1.165, 1.54) is 0 Å². The number of oxazole rings is 1. The lowest BCUT2D eigenvalue weighted by Crippen LogP contribution is -2.25. The molecule has 4 nitrogen and oxygen atoms in total. The Morgan fingerprint density at radius 1 is 1.21 bits per heavy atom. The van der Waals surface area contributed by atoms with Crippen LogP contribution in [0.25, 0.3) is 0 Å². The summed E-state index contributed by atoms with van der Waals surface area (Å²) in [4.78, 5) is 16.1. The SMILES string of the molecule is Cc1ccc(C(=O)NCCc2oc(C)nc2C)cc1. The third-order valence-corrected chi connectivity index (χ3v) is 2.95. The Morgan fingerprint density at radius 3 is 2.47 bits per heavy atom. The van der Waals surface area contributed by atoms with Gasteiger partial charge >= 0.3 is 0 Å². The predicted octanol–water partition coefficient (Wildman–Crippen LogP) is 2.57. The fraction of sp³-hybridized carbons (Fsp3) is 0.333. The van der Waals surface area contributed by atoms with Crippen LogP contribution >= 0.6 is 0 Å². The fourth-order valence-corrected chi connectivity index (χ4v) is 1.90. The summed E-state index contributed by atoms with van der Waals surface area (Å²) in [5, 5.41) is 2.88. The van der Waals surface area contributed by atoms with E-state index in [0.717, 1.165) is 17.0 Å². The molecule has 0 spiro atoms. The molecule has 0 fully saturated rings. The van der Waals surface area contributed by atoms with Crippen molar-refractivity contribution >= 4 is 5.91 Å². The van der Waals surface area contributed by atoms with Crippen LogP contribution in [-0.4, -0.2) is 17.4 Å². The van der Waals surface area contributed by atoms with E-state index >= 15 is 0 Å². The highest BCUT2D eigenvalue weighted by Crippen LogP contribution is 2.09. The van der Waals surface area contributed by atoms with Gasteiger partial charge in [0.05, 0.1) is 5.69 Å². The highest BCUT2D eigenvalue weighted by molar-refractivity contribution is 5.94. The van der Waals surface area contributed by atoms with Crippen LogP contribution in [0.4, 0.5) is 0 Å². The third-order valence-electron chi connectivity index (χ3n) is 2.95. The Morgan fingerprint density at radius 2 is 1.89 bits per heavy atom. The van der Waals surface area contributed by atoms with Crippen molar-refractivity contribution in [3.8, 4) is 0 Å². The van der Waals surface area contributed by atoms with E-state index in [-0.39, 0.29) is 5.91 Å². The van der Waals surface area contributed by atoms with Crippen LogP contribution < -0.4 is 5.32 Å². The van der Waals surface area contributed by atoms with Gasteiger partial charge in [-0.1, -0.05) is 17.7 Å². The maximum absolute atomic E-state index is 11.9. The summed E-state index contributed by atoms with van der Waals surface area (Å²) in [6.07, 6.45) is 0.657. The maximum atomic E-state index is 11.9. The molecule has 1 N–H and O–H groups in total. The molecule has 0 aliphatic carbocycles. The van der Waals surface area contributed by atoms with Gasteiger partial charge in [-0.25, -0.2) is 4.98 Å². The summed E-state index contributed by atoms with van der Waals surface area (Å²) in [6, 6.07) is 7.51. The quantitative estimate of drug-likeness (QED) is 0.917. The van der Waals surface area contributed by atoms with Gasteiger partial charge in [-0.15, -0.1) is 0 Å². The zero-order chi connectivity index (χ0) is 13.8. The van der Waals surface area contributed by atoms with Crippen molar-refractivity contribution in [2.24, 2.45) is 0 Å². The van der Waals surface area contributed by atoms with Crippen molar-refractivity contribution in [2.75, 3.05) is 6.54 Å². The van der Waals surface area contributed by atoms with Gasteiger partial charge < -0.3 is 9.73 Å². The number of aryl methyl sites for hydroxylation is 3. The number of rotatable bonds is 4. The number of nitrogens with zero attached hydrogens (tertiary/aromatic N) is 1. The second-order valence-electron chi connectivity index (χ2n) is 4.61. The molecule has 0 unspecified atom stereocenters. The molecule has 0 saturated heterocycles. The topological polar surface area (TPSA) is 55.1 Å². The highest BCUT2D eigenvalue weighted by atomic mass is 16.4. The van der Waals surface area contributed by atoms with Gasteiger partial charge in [0, 0.05) is 25.5 Å². The van der Waals surface area contributed by atoms with Crippen molar-refractivity contribution < 1.29 is 9.21 Å². The van der Waals surface area contributed by atoms with E-state index in [4.69, 9.17) is 4.42 Å². The smallest absolute Gasteiger partial charge is 0.251 e. The molecule has 1 aromatic carbocycles. The van der Waals surface area contributed by atoms with Crippen molar-refractivity contribution in [1.29, 1.82) is 0 Å². The minimum atomic E-state index is -0.0612. The van der Waals surface area contributed by atoms with Crippen LogP contribution in [0.5, 0.6) is 0 Å². The lowest BCUT2D eigenvalue weighted by atomic mass is 10.1. The third kappa shape index (κ3) is 3.44. The summed E-state index contributed by atoms with van der Waals surface area (Å²) in [6.45, 7) is 6.27. The van der Waals surface area contributed by atoms with Crippen molar-refractivity contribution in [2.45, 2.75) is 27.2 Å². The Balaban J connectivity index is 1.87. The molecule has 0 aliphatic heterocycles. The van der Waals surface area contributed by atoms with Crippen LogP contribution in [0.2, 0.25) is 0 Å². The van der Waals surface area contributed by atoms with E-state index in [2.05, 4.69) is 10.3 Å². The standard InChI is InChI=1S/C15H18N2O2/c1-10-4-6-13(7-5-10)15(18)16-9-8-14-11(2)17-12(3)19-14/h4-7H,8-9H2,1-3H3,(H,16,18). The number of benzene rings is 1. The molecule has 1 heterocycles. The summed E-state index contributed by atoms with van der Waals surface area (Å²) in [5.74, 6) is 1.44. The zero-order valence-electron chi connectivity index (χ0n) is 11.5. The molecular formula is C15H18N2O2. The lowest BCUT2D eigenvalue weighted by molar-refractivity contribution is 0.0953. The van der Waals surface area contributed by atoms with Gasteiger partial charge in [0.1, 0.15) is 5.76 Å². The molecule has 0 atom stereocenters. The second-order valence-corrected chi connectivity index (χ2v) is 4.61. The number of carbonyl (C=O) groups excluding carboxylic acids is 1. The molecule has 1 amide bonds. The number of nitrogens with one attached hydrogen (secondary N) is 1. The Bertz CT molecular complexity index is 570. The monoisotopic (exact) mass is 258 g/mol. The maximum Gasteiger partial charge on any atom is 0.251 e. The molecular weight excluding hydrogens is 240 g/mol. The Labute approximate surface area is 112 Å². The normalized spacial score (nSPS) is 10.5. The molecule has 2 aromatic rings. The summed E-state index contributed by atoms with van der Waals surface area (Å²) >= 11 is 0. The Kier molecular flexibility index (Phi) is 4.00. The molecule has 4 heteroatoms. The lowest BCUT2D eigenvalue weighted by Gasteiger charge is -2.04. The molecule has 1 aromatic heterocycles. The fourth-order valence-electron chi connectivity index (χ4n) is 1.90. The summed E-state index contributed by atoms with van der Waals surface area (Å²) in [7, 11) is 0. The van der Waals surface area contributed by atoms with Gasteiger partial charge in [0.2, 0.25) is 0 Å². The first kappa shape index (κ1) is 13.3. The molecule has 100 valence electrons. The first-order chi connectivity index (χ1) is 9.06. The van der Waals surface area contributed by atoms with E-state index in [9.17, 15) is 4.79 Å². The molecule has 0 radical (unpaired) electrons. The van der Waals surface area contributed by atoms with E-state index in [1.807, 2.05) is 45.0 Å². The van der Waals surface area contributed by atoms with E-state index in [1.54, 1.807) is 0 Å². The molecule has 0 saturated carbocycles.